The molecule has 0 spiro atoms. The van der Waals surface area contributed by atoms with Gasteiger partial charge < -0.3 is 35.2 Å². The first kappa shape index (κ1) is 28.0. The number of H-pyrrole nitrogens is 1. The Labute approximate surface area is 200 Å². The highest BCUT2D eigenvalue weighted by atomic mass is 32.1. The van der Waals surface area contributed by atoms with Crippen LogP contribution in [0.2, 0.25) is 0 Å². The molecule has 22 heteroatoms. The number of hydrogen-bond donors (Lipinski definition) is 8. The van der Waals surface area contributed by atoms with Crippen molar-refractivity contribution in [3.05, 3.63) is 16.2 Å². The van der Waals surface area contributed by atoms with Gasteiger partial charge in [-0.25, -0.2) is 18.7 Å². The quantitative estimate of drug-likeness (QED) is 0.106. The number of thiol groups is 1. The summed E-state index contributed by atoms with van der Waals surface area (Å²) in [6.07, 6.45) is -3.90. The average molecular weight is 577 g/mol. The molecular formula is C13H18N5O13P3S. The van der Waals surface area contributed by atoms with Crippen LogP contribution in [0.1, 0.15) is 18.5 Å². The van der Waals surface area contributed by atoms with Crippen molar-refractivity contribution in [3.63, 3.8) is 0 Å². The first-order chi connectivity index (χ1) is 16.1. The van der Waals surface area contributed by atoms with Gasteiger partial charge in [-0.2, -0.15) is 26.2 Å². The Morgan fingerprint density at radius 2 is 1.89 bits per heavy atom. The molecule has 2 aromatic heterocycles. The van der Waals surface area contributed by atoms with Gasteiger partial charge in [0.05, 0.1) is 18.5 Å². The lowest BCUT2D eigenvalue weighted by molar-refractivity contribution is -0.0425. The molecule has 2 unspecified atom stereocenters. The predicted molar refractivity (Wildman–Crippen MR) is 118 cm³/mol. The number of hydrogen-bond acceptors (Lipinski definition) is 13. The first-order valence-corrected chi connectivity index (χ1v) is 14.3. The number of phosphoric ester groups is 1. The van der Waals surface area contributed by atoms with E-state index in [1.165, 1.54) is 4.57 Å². The van der Waals surface area contributed by atoms with E-state index in [0.717, 1.165) is 0 Å². The smallest absolute Gasteiger partial charge is 0.390 e. The summed E-state index contributed by atoms with van der Waals surface area (Å²) >= 11 is 3.98. The van der Waals surface area contributed by atoms with Crippen LogP contribution < -0.4 is 11.3 Å². The second kappa shape index (κ2) is 10.4. The molecule has 3 heterocycles. The third kappa shape index (κ3) is 7.21. The first-order valence-electron chi connectivity index (χ1n) is 9.10. The van der Waals surface area contributed by atoms with E-state index in [1.54, 1.807) is 0 Å². The van der Waals surface area contributed by atoms with E-state index in [0.29, 0.717) is 0 Å². The SMILES string of the molecule is Nc1nc2c(nc(C#CCS)n2[C@H]2C[C@H](O)[C@@H](COP(=O)(O)OP(=O)(O)OP(=O)(O)O)O2)c(=O)[nH]1. The van der Waals surface area contributed by atoms with E-state index in [2.05, 4.69) is 52.6 Å². The van der Waals surface area contributed by atoms with E-state index in [9.17, 15) is 33.4 Å². The topological polar surface area (TPSA) is 279 Å². The molecular weight excluding hydrogens is 559 g/mol. The number of nitrogens with two attached hydrogens (primary N) is 1. The van der Waals surface area contributed by atoms with Crippen LogP contribution in [0.25, 0.3) is 11.2 Å². The number of anilines is 1. The average Bonchev–Trinajstić information content (AvgIpc) is 3.21. The Morgan fingerprint density at radius 3 is 2.51 bits per heavy atom. The molecule has 0 amide bonds. The number of aliphatic hydroxyl groups is 1. The summed E-state index contributed by atoms with van der Waals surface area (Å²) < 4.78 is 52.6. The summed E-state index contributed by atoms with van der Waals surface area (Å²) in [5, 5.41) is 10.3. The van der Waals surface area contributed by atoms with Gasteiger partial charge in [0.2, 0.25) is 5.95 Å². The molecule has 0 aromatic carbocycles. The van der Waals surface area contributed by atoms with Crippen molar-refractivity contribution < 1.29 is 56.3 Å². The van der Waals surface area contributed by atoms with Crippen molar-refractivity contribution >= 4 is 53.2 Å². The maximum absolute atomic E-state index is 12.2. The molecule has 1 aliphatic rings. The highest BCUT2D eigenvalue weighted by Gasteiger charge is 2.43. The normalized spacial score (nSPS) is 24.0. The van der Waals surface area contributed by atoms with Gasteiger partial charge in [-0.1, -0.05) is 5.92 Å². The Bertz CT molecular complexity index is 1380. The van der Waals surface area contributed by atoms with Gasteiger partial charge in [0.15, 0.2) is 17.0 Å². The number of fused-ring (bicyclic) bond motifs is 1. The van der Waals surface area contributed by atoms with Crippen molar-refractivity contribution in [2.45, 2.75) is 24.9 Å². The number of nitrogen functional groups attached to an aromatic ring is 1. The largest absolute Gasteiger partial charge is 0.490 e. The molecule has 18 nitrogen and oxygen atoms in total. The van der Waals surface area contributed by atoms with Gasteiger partial charge in [-0.15, -0.1) is 0 Å². The lowest BCUT2D eigenvalue weighted by Gasteiger charge is -2.19. The number of rotatable bonds is 8. The Balaban J connectivity index is 1.80. The van der Waals surface area contributed by atoms with Crippen molar-refractivity contribution in [2.24, 2.45) is 0 Å². The maximum Gasteiger partial charge on any atom is 0.490 e. The van der Waals surface area contributed by atoms with Gasteiger partial charge in [0.1, 0.15) is 12.3 Å². The minimum Gasteiger partial charge on any atom is -0.390 e. The van der Waals surface area contributed by atoms with Crippen LogP contribution in [0, 0.1) is 11.8 Å². The molecule has 0 radical (unpaired) electrons. The summed E-state index contributed by atoms with van der Waals surface area (Å²) in [7, 11) is -16.7. The standard InChI is InChI=1S/C13H18N5O13P3S/c14-13-16-11-10(12(20)17-13)15-8(2-1-3-35)18(11)9-4-6(19)7(29-9)5-28-33(24,25)31-34(26,27)30-32(21,22)23/h6-7,9,19,35H,3-5H2,(H,24,25)(H,26,27)(H2,21,22,23)(H3,14,16,17,20)/t6-,7+,9+/m0/s1. The Hall–Kier alpha value is -1.61. The number of nitrogens with zero attached hydrogens (tertiary/aromatic N) is 3. The molecule has 1 aliphatic heterocycles. The molecule has 0 bridgehead atoms. The second-order valence-corrected chi connectivity index (χ2v) is 11.4. The summed E-state index contributed by atoms with van der Waals surface area (Å²) in [4.78, 5) is 58.5. The molecule has 5 atom stereocenters. The number of ether oxygens (including phenoxy) is 1. The molecule has 3 rings (SSSR count). The molecule has 1 fully saturated rings. The number of aromatic amines is 1. The third-order valence-corrected chi connectivity index (χ3v) is 8.12. The Kier molecular flexibility index (Phi) is 8.31. The van der Waals surface area contributed by atoms with Crippen molar-refractivity contribution in [2.75, 3.05) is 18.1 Å². The monoisotopic (exact) mass is 577 g/mol. The summed E-state index contributed by atoms with van der Waals surface area (Å²) in [5.41, 5.74) is 4.78. The van der Waals surface area contributed by atoms with Crippen molar-refractivity contribution in [1.82, 2.24) is 19.5 Å². The van der Waals surface area contributed by atoms with Gasteiger partial charge in [0.25, 0.3) is 5.56 Å². The fourth-order valence-electron chi connectivity index (χ4n) is 2.97. The molecule has 0 saturated carbocycles. The number of aliphatic hydroxyl groups excluding tert-OH is 1. The van der Waals surface area contributed by atoms with Crippen molar-refractivity contribution in [3.8, 4) is 11.8 Å². The third-order valence-electron chi connectivity index (χ3n) is 4.16. The zero-order valence-electron chi connectivity index (χ0n) is 17.1. The zero-order chi connectivity index (χ0) is 26.2. The van der Waals surface area contributed by atoms with E-state index >= 15 is 0 Å². The number of aromatic nitrogens is 4. The predicted octanol–water partition coefficient (Wildman–Crippen LogP) is -1.03. The number of phosphoric acid groups is 3. The van der Waals surface area contributed by atoms with Crippen molar-refractivity contribution in [1.29, 1.82) is 0 Å². The molecule has 0 aliphatic carbocycles. The zero-order valence-corrected chi connectivity index (χ0v) is 20.6. The van der Waals surface area contributed by atoms with Crippen LogP contribution in [0.3, 0.4) is 0 Å². The van der Waals surface area contributed by atoms with E-state index < -0.39 is 54.1 Å². The van der Waals surface area contributed by atoms with Gasteiger partial charge in [-0.05, 0) is 5.92 Å². The lowest BCUT2D eigenvalue weighted by Crippen LogP contribution is -2.26. The lowest BCUT2D eigenvalue weighted by atomic mass is 10.2. The van der Waals surface area contributed by atoms with Crippen LogP contribution in [-0.4, -0.2) is 68.8 Å². The van der Waals surface area contributed by atoms with Gasteiger partial charge >= 0.3 is 23.5 Å². The summed E-state index contributed by atoms with van der Waals surface area (Å²) in [6, 6.07) is 0. The fourth-order valence-corrected chi connectivity index (χ4v) is 6.08. The maximum atomic E-state index is 12.2. The Morgan fingerprint density at radius 1 is 1.20 bits per heavy atom. The van der Waals surface area contributed by atoms with E-state index in [1.807, 2.05) is 0 Å². The van der Waals surface area contributed by atoms with Crippen LogP contribution >= 0.6 is 36.1 Å². The number of imidazole rings is 1. The van der Waals surface area contributed by atoms with Gasteiger partial charge in [0, 0.05) is 6.42 Å². The minimum atomic E-state index is -5.71. The highest BCUT2D eigenvalue weighted by molar-refractivity contribution is 7.80. The van der Waals surface area contributed by atoms with Crippen LogP contribution in [0.4, 0.5) is 5.95 Å². The summed E-state index contributed by atoms with van der Waals surface area (Å²) in [5.74, 6) is 5.23. The van der Waals surface area contributed by atoms with Gasteiger partial charge in [-0.3, -0.25) is 18.9 Å². The van der Waals surface area contributed by atoms with E-state index in [4.69, 9.17) is 20.3 Å². The van der Waals surface area contributed by atoms with Crippen LogP contribution in [0.5, 0.6) is 0 Å². The fraction of sp³-hybridized carbons (Fsp3) is 0.462. The van der Waals surface area contributed by atoms with E-state index in [-0.39, 0.29) is 35.1 Å². The van der Waals surface area contributed by atoms with Crippen LogP contribution in [-0.2, 0) is 31.6 Å². The molecule has 194 valence electrons. The molecule has 35 heavy (non-hydrogen) atoms. The number of nitrogens with one attached hydrogen (secondary N) is 1. The van der Waals surface area contributed by atoms with Crippen LogP contribution in [0.15, 0.2) is 4.79 Å². The second-order valence-electron chi connectivity index (χ2n) is 6.71. The summed E-state index contributed by atoms with van der Waals surface area (Å²) in [6.45, 7) is -0.887. The molecule has 8 N–H and O–H groups in total. The highest BCUT2D eigenvalue weighted by Crippen LogP contribution is 2.66. The molecule has 2 aromatic rings. The minimum absolute atomic E-state index is 0.0170. The molecule has 1 saturated heterocycles.